The SMILES string of the molecule is O=C(O)C[C@H](NC(=O)NC(CCCCNC(=O)[C@H](Cc1ccccc1)NC(=O)COc1ccc(C[C@H](NC(=O)CNC(=O)c2ccc(F)nc2)C(=O)O)cc1)C(=O)O)C(=O)O. The van der Waals surface area contributed by atoms with Crippen molar-refractivity contribution in [2.75, 3.05) is 19.7 Å². The number of urea groups is 1. The molecular weight excluding hydrogens is 809 g/mol. The van der Waals surface area contributed by atoms with Crippen LogP contribution in [0.3, 0.4) is 0 Å². The van der Waals surface area contributed by atoms with Gasteiger partial charge >= 0.3 is 29.9 Å². The predicted molar refractivity (Wildman–Crippen MR) is 207 cm³/mol. The van der Waals surface area contributed by atoms with Gasteiger partial charge in [0, 0.05) is 25.6 Å². The fourth-order valence-corrected chi connectivity index (χ4v) is 5.42. The van der Waals surface area contributed by atoms with Crippen LogP contribution in [0.15, 0.2) is 72.9 Å². The molecule has 0 aliphatic heterocycles. The maximum atomic E-state index is 13.2. The highest BCUT2D eigenvalue weighted by atomic mass is 19.1. The van der Waals surface area contributed by atoms with Crippen LogP contribution in [0.25, 0.3) is 0 Å². The summed E-state index contributed by atoms with van der Waals surface area (Å²) in [6, 6.07) is 10.1. The molecule has 21 nitrogen and oxygen atoms in total. The van der Waals surface area contributed by atoms with Crippen molar-refractivity contribution >= 4 is 53.5 Å². The molecule has 0 fully saturated rings. The quantitative estimate of drug-likeness (QED) is 0.0391. The van der Waals surface area contributed by atoms with Gasteiger partial charge in [-0.15, -0.1) is 0 Å². The third-order valence-electron chi connectivity index (χ3n) is 8.50. The van der Waals surface area contributed by atoms with Crippen molar-refractivity contribution in [2.24, 2.45) is 0 Å². The van der Waals surface area contributed by atoms with Gasteiger partial charge in [0.2, 0.25) is 17.8 Å². The van der Waals surface area contributed by atoms with Gasteiger partial charge in [0.15, 0.2) is 6.61 Å². The Morgan fingerprint density at radius 2 is 1.25 bits per heavy atom. The van der Waals surface area contributed by atoms with Crippen LogP contribution in [-0.4, -0.2) is 123 Å². The number of carbonyl (C=O) groups excluding carboxylic acids is 5. The van der Waals surface area contributed by atoms with Crippen LogP contribution in [0.2, 0.25) is 0 Å². The highest BCUT2D eigenvalue weighted by Gasteiger charge is 2.27. The van der Waals surface area contributed by atoms with Crippen molar-refractivity contribution in [1.29, 1.82) is 0 Å². The van der Waals surface area contributed by atoms with Crippen molar-refractivity contribution in [3.63, 3.8) is 0 Å². The molecule has 22 heteroatoms. The number of carboxylic acids is 4. The zero-order valence-electron chi connectivity index (χ0n) is 32.3. The number of benzene rings is 2. The van der Waals surface area contributed by atoms with E-state index in [1.165, 1.54) is 30.3 Å². The Bertz CT molecular complexity index is 2020. The Balaban J connectivity index is 1.48. The molecule has 2 aromatic carbocycles. The first-order valence-electron chi connectivity index (χ1n) is 18.5. The van der Waals surface area contributed by atoms with E-state index in [2.05, 4.69) is 31.6 Å². The summed E-state index contributed by atoms with van der Waals surface area (Å²) in [5, 5.41) is 51.0. The molecule has 1 heterocycles. The first-order valence-corrected chi connectivity index (χ1v) is 18.5. The predicted octanol–water partition coefficient (Wildman–Crippen LogP) is -0.164. The van der Waals surface area contributed by atoms with E-state index in [9.17, 15) is 57.8 Å². The van der Waals surface area contributed by atoms with Gasteiger partial charge in [-0.25, -0.2) is 24.2 Å². The molecule has 3 rings (SSSR count). The molecule has 326 valence electrons. The van der Waals surface area contributed by atoms with E-state index in [4.69, 9.17) is 14.9 Å². The number of hydrogen-bond donors (Lipinski definition) is 10. The summed E-state index contributed by atoms with van der Waals surface area (Å²) in [5.41, 5.74) is 1.20. The van der Waals surface area contributed by atoms with Gasteiger partial charge in [-0.05, 0) is 54.7 Å². The average Bonchev–Trinajstić information content (AvgIpc) is 3.21. The van der Waals surface area contributed by atoms with E-state index in [0.717, 1.165) is 17.8 Å². The summed E-state index contributed by atoms with van der Waals surface area (Å²) in [6.45, 7) is -1.01. The number of ether oxygens (including phenoxy) is 1. The van der Waals surface area contributed by atoms with Crippen molar-refractivity contribution < 1.29 is 72.7 Å². The number of nitrogens with one attached hydrogen (secondary N) is 6. The topological polar surface area (TPSA) is 329 Å². The maximum Gasteiger partial charge on any atom is 0.326 e. The lowest BCUT2D eigenvalue weighted by Gasteiger charge is -2.20. The molecule has 0 aliphatic rings. The van der Waals surface area contributed by atoms with Gasteiger partial charge in [-0.2, -0.15) is 4.39 Å². The zero-order valence-corrected chi connectivity index (χ0v) is 32.3. The summed E-state index contributed by atoms with van der Waals surface area (Å²) >= 11 is 0. The number of carboxylic acid groups (broad SMARTS) is 4. The summed E-state index contributed by atoms with van der Waals surface area (Å²) in [7, 11) is 0. The van der Waals surface area contributed by atoms with Gasteiger partial charge in [-0.3, -0.25) is 24.0 Å². The summed E-state index contributed by atoms with van der Waals surface area (Å²) in [4.78, 5) is 112. The fourth-order valence-electron chi connectivity index (χ4n) is 5.42. The third-order valence-corrected chi connectivity index (χ3v) is 8.50. The van der Waals surface area contributed by atoms with Crippen LogP contribution < -0.4 is 36.6 Å². The first-order chi connectivity index (χ1) is 29.0. The molecule has 0 saturated heterocycles. The number of hydrogen-bond acceptors (Lipinski definition) is 11. The second kappa shape index (κ2) is 24.3. The van der Waals surface area contributed by atoms with Crippen LogP contribution in [0.4, 0.5) is 9.18 Å². The fraction of sp³-hybridized carbons (Fsp3) is 0.333. The molecule has 0 bridgehead atoms. The van der Waals surface area contributed by atoms with Crippen LogP contribution in [0.1, 0.15) is 47.2 Å². The molecule has 4 atom stereocenters. The summed E-state index contributed by atoms with van der Waals surface area (Å²) in [6.07, 6.45) is 0.322. The minimum Gasteiger partial charge on any atom is -0.484 e. The normalized spacial score (nSPS) is 12.5. The largest absolute Gasteiger partial charge is 0.484 e. The number of aliphatic carboxylic acids is 4. The molecule has 6 amide bonds. The molecule has 0 radical (unpaired) electrons. The first kappa shape index (κ1) is 47.7. The van der Waals surface area contributed by atoms with Gasteiger partial charge in [0.05, 0.1) is 18.5 Å². The lowest BCUT2D eigenvalue weighted by molar-refractivity contribution is -0.145. The van der Waals surface area contributed by atoms with E-state index in [-0.39, 0.29) is 50.0 Å². The molecular formula is C39H44FN7O14. The smallest absolute Gasteiger partial charge is 0.326 e. The van der Waals surface area contributed by atoms with Gasteiger partial charge in [0.25, 0.3) is 11.8 Å². The number of pyridine rings is 1. The molecule has 1 aromatic heterocycles. The van der Waals surface area contributed by atoms with E-state index in [1.807, 2.05) is 5.32 Å². The lowest BCUT2D eigenvalue weighted by atomic mass is 10.0. The molecule has 1 unspecified atom stereocenters. The minimum absolute atomic E-state index is 0.00230. The highest BCUT2D eigenvalue weighted by molar-refractivity contribution is 5.96. The molecule has 61 heavy (non-hydrogen) atoms. The van der Waals surface area contributed by atoms with Crippen LogP contribution in [0.5, 0.6) is 5.75 Å². The van der Waals surface area contributed by atoms with Crippen LogP contribution in [0, 0.1) is 5.95 Å². The number of halogens is 1. The minimum atomic E-state index is -1.79. The summed E-state index contributed by atoms with van der Waals surface area (Å²) in [5.74, 6) is -9.16. The van der Waals surface area contributed by atoms with Crippen LogP contribution >= 0.6 is 0 Å². The molecule has 0 aliphatic carbocycles. The Morgan fingerprint density at radius 1 is 0.639 bits per heavy atom. The van der Waals surface area contributed by atoms with Gasteiger partial charge in [0.1, 0.15) is 29.9 Å². The van der Waals surface area contributed by atoms with E-state index in [1.54, 1.807) is 30.3 Å². The number of nitrogens with zero attached hydrogens (tertiary/aromatic N) is 1. The zero-order chi connectivity index (χ0) is 44.9. The standard InChI is InChI=1S/C39H44FN7O14/c40-30-14-11-24(19-42-30)34(52)43-20-31(48)45-28(37(56)57)17-23-9-12-25(13-10-23)61-21-32(49)44-27(16-22-6-2-1-3-7-22)35(53)41-15-5-4-8-26(36(54)55)46-39(60)47-29(38(58)59)18-33(50)51/h1-3,6-7,9-14,19,26-29H,4-5,8,15-18,20-21H2,(H,41,53)(H,43,52)(H,44,49)(H,45,48)(H,50,51)(H,54,55)(H,56,57)(H,58,59)(H2,46,47,60)/t26?,27-,28-,29-/m0/s1. The number of unbranched alkanes of at least 4 members (excludes halogenated alkanes) is 1. The second-order valence-corrected chi connectivity index (χ2v) is 13.2. The molecule has 0 spiro atoms. The second-order valence-electron chi connectivity index (χ2n) is 13.2. The monoisotopic (exact) mass is 853 g/mol. The molecule has 10 N–H and O–H groups in total. The number of rotatable bonds is 25. The Morgan fingerprint density at radius 3 is 1.85 bits per heavy atom. The number of aromatic nitrogens is 1. The van der Waals surface area contributed by atoms with E-state index < -0.39 is 103 Å². The average molecular weight is 854 g/mol. The Labute approximate surface area is 346 Å². The third kappa shape index (κ3) is 17.8. The van der Waals surface area contributed by atoms with Crippen molar-refractivity contribution in [1.82, 2.24) is 36.9 Å². The van der Waals surface area contributed by atoms with Crippen molar-refractivity contribution in [3.05, 3.63) is 95.6 Å². The van der Waals surface area contributed by atoms with Crippen LogP contribution in [-0.2, 0) is 46.4 Å². The van der Waals surface area contributed by atoms with Gasteiger partial charge < -0.3 is 57.1 Å². The molecule has 3 aromatic rings. The van der Waals surface area contributed by atoms with Crippen molar-refractivity contribution in [2.45, 2.75) is 62.7 Å². The Hall–Kier alpha value is -7.65. The number of amides is 6. The van der Waals surface area contributed by atoms with Crippen molar-refractivity contribution in [3.8, 4) is 5.75 Å². The molecule has 0 saturated carbocycles. The van der Waals surface area contributed by atoms with Gasteiger partial charge in [-0.1, -0.05) is 42.5 Å². The lowest BCUT2D eigenvalue weighted by Crippen LogP contribution is -2.51. The maximum absolute atomic E-state index is 13.2. The Kier molecular flexibility index (Phi) is 19.0. The highest BCUT2D eigenvalue weighted by Crippen LogP contribution is 2.14. The summed E-state index contributed by atoms with van der Waals surface area (Å²) < 4.78 is 18.6. The van der Waals surface area contributed by atoms with E-state index >= 15 is 0 Å². The van der Waals surface area contributed by atoms with E-state index in [0.29, 0.717) is 5.56 Å². The number of carbonyl (C=O) groups is 9.